The zero-order chi connectivity index (χ0) is 16.2. The molecule has 0 aromatic heterocycles. The second-order valence-electron chi connectivity index (χ2n) is 5.50. The molecule has 1 aromatic carbocycles. The van der Waals surface area contributed by atoms with Gasteiger partial charge in [0.25, 0.3) is 0 Å². The van der Waals surface area contributed by atoms with Gasteiger partial charge in [-0.05, 0) is 38.0 Å². The van der Waals surface area contributed by atoms with E-state index in [2.05, 4.69) is 10.0 Å². The maximum Gasteiger partial charge on any atom is 0.337 e. The summed E-state index contributed by atoms with van der Waals surface area (Å²) in [5.41, 5.74) is 0.389. The van der Waals surface area contributed by atoms with Crippen LogP contribution >= 0.6 is 0 Å². The van der Waals surface area contributed by atoms with Gasteiger partial charge in [0.05, 0.1) is 10.5 Å². The van der Waals surface area contributed by atoms with E-state index in [1.54, 1.807) is 0 Å². The van der Waals surface area contributed by atoms with Crippen LogP contribution < -0.4 is 10.0 Å². The Morgan fingerprint density at radius 1 is 1.27 bits per heavy atom. The number of carbonyl (C=O) groups is 1. The molecule has 0 spiro atoms. The Hall–Kier alpha value is -1.60. The van der Waals surface area contributed by atoms with E-state index in [4.69, 9.17) is 0 Å². The highest BCUT2D eigenvalue weighted by molar-refractivity contribution is 7.89. The fourth-order valence-electron chi connectivity index (χ4n) is 2.72. The summed E-state index contributed by atoms with van der Waals surface area (Å²) in [6.45, 7) is 2.41. The number of benzene rings is 1. The van der Waals surface area contributed by atoms with Crippen molar-refractivity contribution in [3.8, 4) is 0 Å². The van der Waals surface area contributed by atoms with Gasteiger partial charge in [-0.25, -0.2) is 17.9 Å². The molecular weight excluding hydrogens is 304 g/mol. The average Bonchev–Trinajstić information content (AvgIpc) is 2.48. The van der Waals surface area contributed by atoms with Crippen molar-refractivity contribution in [2.75, 3.05) is 11.9 Å². The summed E-state index contributed by atoms with van der Waals surface area (Å²) >= 11 is 0. The van der Waals surface area contributed by atoms with Crippen molar-refractivity contribution in [3.05, 3.63) is 23.8 Å². The molecule has 3 N–H and O–H groups in total. The third-order valence-corrected chi connectivity index (χ3v) is 5.34. The highest BCUT2D eigenvalue weighted by Gasteiger charge is 2.23. The molecule has 1 saturated carbocycles. The summed E-state index contributed by atoms with van der Waals surface area (Å²) in [5.74, 6) is -1.15. The summed E-state index contributed by atoms with van der Waals surface area (Å²) in [5, 5.41) is 12.2. The summed E-state index contributed by atoms with van der Waals surface area (Å²) < 4.78 is 27.5. The smallest absolute Gasteiger partial charge is 0.337 e. The minimum atomic E-state index is -3.69. The molecule has 1 aliphatic rings. The van der Waals surface area contributed by atoms with Crippen LogP contribution in [-0.4, -0.2) is 32.1 Å². The number of anilines is 1. The molecule has 0 unspecified atom stereocenters. The largest absolute Gasteiger partial charge is 0.478 e. The molecule has 0 heterocycles. The fourth-order valence-corrected chi connectivity index (χ4v) is 4.05. The van der Waals surface area contributed by atoms with E-state index in [-0.39, 0.29) is 16.5 Å². The fraction of sp³-hybridized carbons (Fsp3) is 0.533. The van der Waals surface area contributed by atoms with Gasteiger partial charge in [-0.3, -0.25) is 0 Å². The first-order valence-electron chi connectivity index (χ1n) is 7.57. The molecule has 0 bridgehead atoms. The highest BCUT2D eigenvalue weighted by atomic mass is 32.2. The molecule has 7 heteroatoms. The Bertz CT molecular complexity index is 637. The van der Waals surface area contributed by atoms with Gasteiger partial charge < -0.3 is 10.4 Å². The zero-order valence-corrected chi connectivity index (χ0v) is 13.4. The topological polar surface area (TPSA) is 95.5 Å². The second kappa shape index (κ2) is 7.11. The number of aromatic carboxylic acids is 1. The van der Waals surface area contributed by atoms with E-state index >= 15 is 0 Å². The van der Waals surface area contributed by atoms with E-state index in [1.807, 2.05) is 6.92 Å². The zero-order valence-electron chi connectivity index (χ0n) is 12.6. The monoisotopic (exact) mass is 326 g/mol. The van der Waals surface area contributed by atoms with E-state index in [0.29, 0.717) is 12.2 Å². The van der Waals surface area contributed by atoms with Gasteiger partial charge in [-0.15, -0.1) is 0 Å². The number of sulfonamides is 1. The number of rotatable bonds is 6. The molecule has 1 aromatic rings. The standard InChI is InChI=1S/C15H22N2O4S/c1-2-16-14-9-8-12(10-13(14)15(18)19)22(20,21)17-11-6-4-3-5-7-11/h8-11,16-17H,2-7H2,1H3,(H,18,19). The Labute approximate surface area is 131 Å². The van der Waals surface area contributed by atoms with Gasteiger partial charge >= 0.3 is 5.97 Å². The first-order valence-corrected chi connectivity index (χ1v) is 9.06. The first kappa shape index (κ1) is 16.8. The molecule has 0 atom stereocenters. The maximum atomic E-state index is 12.4. The lowest BCUT2D eigenvalue weighted by Crippen LogP contribution is -2.36. The van der Waals surface area contributed by atoms with Crippen LogP contribution in [0.5, 0.6) is 0 Å². The predicted molar refractivity (Wildman–Crippen MR) is 84.8 cm³/mol. The Morgan fingerprint density at radius 3 is 2.55 bits per heavy atom. The number of nitrogens with one attached hydrogen (secondary N) is 2. The van der Waals surface area contributed by atoms with E-state index in [9.17, 15) is 18.3 Å². The summed E-state index contributed by atoms with van der Waals surface area (Å²) in [4.78, 5) is 11.3. The number of carboxylic acids is 1. The van der Waals surface area contributed by atoms with Gasteiger partial charge in [0.15, 0.2) is 0 Å². The molecule has 6 nitrogen and oxygen atoms in total. The minimum Gasteiger partial charge on any atom is -0.478 e. The van der Waals surface area contributed by atoms with Crippen molar-refractivity contribution < 1.29 is 18.3 Å². The summed E-state index contributed by atoms with van der Waals surface area (Å²) in [6.07, 6.45) is 4.85. The molecule has 0 amide bonds. The lowest BCUT2D eigenvalue weighted by molar-refractivity contribution is 0.0697. The van der Waals surface area contributed by atoms with Crippen LogP contribution in [0.1, 0.15) is 49.4 Å². The third kappa shape index (κ3) is 3.98. The molecule has 2 rings (SSSR count). The van der Waals surface area contributed by atoms with Gasteiger partial charge in [0, 0.05) is 18.3 Å². The average molecular weight is 326 g/mol. The number of carboxylic acid groups (broad SMARTS) is 1. The molecule has 122 valence electrons. The maximum absolute atomic E-state index is 12.4. The molecule has 1 aliphatic carbocycles. The van der Waals surface area contributed by atoms with Gasteiger partial charge in [-0.2, -0.15) is 0 Å². The van der Waals surface area contributed by atoms with Crippen LogP contribution in [-0.2, 0) is 10.0 Å². The molecule has 0 saturated heterocycles. The van der Waals surface area contributed by atoms with Crippen molar-refractivity contribution in [2.45, 2.75) is 50.0 Å². The second-order valence-corrected chi connectivity index (χ2v) is 7.21. The SMILES string of the molecule is CCNc1ccc(S(=O)(=O)NC2CCCCC2)cc1C(=O)O. The minimum absolute atomic E-state index is 0.00266. The summed E-state index contributed by atoms with van der Waals surface area (Å²) in [6, 6.07) is 4.10. The first-order chi connectivity index (χ1) is 10.4. The van der Waals surface area contributed by atoms with Crippen LogP contribution in [0.15, 0.2) is 23.1 Å². The molecular formula is C15H22N2O4S. The Morgan fingerprint density at radius 2 is 1.95 bits per heavy atom. The van der Waals surface area contributed by atoms with Crippen LogP contribution in [0.4, 0.5) is 5.69 Å². The van der Waals surface area contributed by atoms with Crippen LogP contribution in [0.25, 0.3) is 0 Å². The highest BCUT2D eigenvalue weighted by Crippen LogP contribution is 2.23. The van der Waals surface area contributed by atoms with E-state index in [1.165, 1.54) is 18.2 Å². The summed E-state index contributed by atoms with van der Waals surface area (Å²) in [7, 11) is -3.69. The normalized spacial score (nSPS) is 16.4. The predicted octanol–water partition coefficient (Wildman–Crippen LogP) is 2.43. The Balaban J connectivity index is 2.26. The quantitative estimate of drug-likeness (QED) is 0.746. The van der Waals surface area contributed by atoms with Crippen LogP contribution in [0.2, 0.25) is 0 Å². The van der Waals surface area contributed by atoms with Gasteiger partial charge in [0.1, 0.15) is 0 Å². The van der Waals surface area contributed by atoms with Crippen LogP contribution in [0.3, 0.4) is 0 Å². The van der Waals surface area contributed by atoms with E-state index < -0.39 is 16.0 Å². The van der Waals surface area contributed by atoms with Crippen molar-refractivity contribution in [1.82, 2.24) is 4.72 Å². The van der Waals surface area contributed by atoms with E-state index in [0.717, 1.165) is 32.1 Å². The van der Waals surface area contributed by atoms with Crippen LogP contribution in [0, 0.1) is 0 Å². The molecule has 1 fully saturated rings. The van der Waals surface area contributed by atoms with Crippen molar-refractivity contribution >= 4 is 21.7 Å². The number of hydrogen-bond donors (Lipinski definition) is 3. The lowest BCUT2D eigenvalue weighted by Gasteiger charge is -2.22. The Kier molecular flexibility index (Phi) is 5.42. The molecule has 22 heavy (non-hydrogen) atoms. The molecule has 0 aliphatic heterocycles. The van der Waals surface area contributed by atoms with Crippen molar-refractivity contribution in [1.29, 1.82) is 0 Å². The van der Waals surface area contributed by atoms with Gasteiger partial charge in [-0.1, -0.05) is 19.3 Å². The lowest BCUT2D eigenvalue weighted by atomic mass is 9.96. The molecule has 0 radical (unpaired) electrons. The van der Waals surface area contributed by atoms with Gasteiger partial charge in [0.2, 0.25) is 10.0 Å². The van der Waals surface area contributed by atoms with Crippen molar-refractivity contribution in [2.24, 2.45) is 0 Å². The number of hydrogen-bond acceptors (Lipinski definition) is 4. The third-order valence-electron chi connectivity index (χ3n) is 3.83. The van der Waals surface area contributed by atoms with Crippen molar-refractivity contribution in [3.63, 3.8) is 0 Å².